The zero-order chi connectivity index (χ0) is 25.6. The second kappa shape index (κ2) is 11.4. The van der Waals surface area contributed by atoms with Crippen molar-refractivity contribution in [3.63, 3.8) is 0 Å². The topological polar surface area (TPSA) is 83.0 Å². The van der Waals surface area contributed by atoms with Crippen molar-refractivity contribution in [2.45, 2.75) is 13.0 Å². The monoisotopic (exact) mass is 526 g/mol. The number of anilines is 3. The predicted molar refractivity (Wildman–Crippen MR) is 152 cm³/mol. The Balaban J connectivity index is 1.35. The van der Waals surface area contributed by atoms with Crippen molar-refractivity contribution in [3.05, 3.63) is 94.3 Å². The number of aromatic nitrogens is 3. The van der Waals surface area contributed by atoms with Gasteiger partial charge >= 0.3 is 0 Å². The zero-order valence-corrected chi connectivity index (χ0v) is 22.1. The van der Waals surface area contributed by atoms with E-state index in [0.717, 1.165) is 44.6 Å². The smallest absolute Gasteiger partial charge is 0.229 e. The van der Waals surface area contributed by atoms with Crippen LogP contribution in [0.1, 0.15) is 10.4 Å². The first-order valence-corrected chi connectivity index (χ1v) is 13.5. The van der Waals surface area contributed by atoms with Crippen molar-refractivity contribution < 1.29 is 4.79 Å². The maximum absolute atomic E-state index is 12.5. The first-order valence-electron chi connectivity index (χ1n) is 11.7. The van der Waals surface area contributed by atoms with E-state index in [1.165, 1.54) is 16.9 Å². The highest BCUT2D eigenvalue weighted by molar-refractivity contribution is 7.13. The highest BCUT2D eigenvalue weighted by Crippen LogP contribution is 2.35. The standard InChI is InChI=1S/C28H26N6OS2/c1-34(2)17-19-6-3-8-21(14-19)32-28-29-12-11-24(33-28)27-26(30-18-37-27)20-7-4-9-22(15-20)31-25(35)16-23-10-5-13-36-23/h3-15,18H,16-17H2,1-2H3,(H,31,35)(H,29,32,33). The Labute approximate surface area is 223 Å². The maximum atomic E-state index is 12.5. The zero-order valence-electron chi connectivity index (χ0n) is 20.5. The Kier molecular flexibility index (Phi) is 7.65. The van der Waals surface area contributed by atoms with Crippen molar-refractivity contribution in [2.75, 3.05) is 24.7 Å². The van der Waals surface area contributed by atoms with Gasteiger partial charge in [0.1, 0.15) is 0 Å². The third kappa shape index (κ3) is 6.45. The number of carbonyl (C=O) groups is 1. The normalized spacial score (nSPS) is 11.0. The molecule has 0 saturated carbocycles. The number of thiazole rings is 1. The summed E-state index contributed by atoms with van der Waals surface area (Å²) in [6, 6.07) is 21.8. The number of hydrogen-bond donors (Lipinski definition) is 2. The second-order valence-corrected chi connectivity index (χ2v) is 10.6. The summed E-state index contributed by atoms with van der Waals surface area (Å²) in [5.41, 5.74) is 7.20. The molecule has 2 N–H and O–H groups in total. The van der Waals surface area contributed by atoms with E-state index in [4.69, 9.17) is 4.98 Å². The van der Waals surface area contributed by atoms with Gasteiger partial charge in [-0.3, -0.25) is 4.79 Å². The molecule has 2 aromatic carbocycles. The van der Waals surface area contributed by atoms with Gasteiger partial charge in [-0.25, -0.2) is 15.0 Å². The highest BCUT2D eigenvalue weighted by Gasteiger charge is 2.14. The molecule has 0 saturated heterocycles. The van der Waals surface area contributed by atoms with Crippen molar-refractivity contribution in [1.29, 1.82) is 0 Å². The molecule has 3 aromatic heterocycles. The Bertz CT molecular complexity index is 1500. The van der Waals surface area contributed by atoms with E-state index >= 15 is 0 Å². The molecule has 186 valence electrons. The molecule has 5 aromatic rings. The number of benzene rings is 2. The molecule has 0 radical (unpaired) electrons. The first kappa shape index (κ1) is 24.8. The fraction of sp³-hybridized carbons (Fsp3) is 0.143. The minimum absolute atomic E-state index is 0.0423. The molecule has 0 fully saturated rings. The molecule has 0 aliphatic rings. The van der Waals surface area contributed by atoms with Crippen molar-refractivity contribution in [2.24, 2.45) is 0 Å². The van der Waals surface area contributed by atoms with Crippen LogP contribution in [0, 0.1) is 0 Å². The number of nitrogens with one attached hydrogen (secondary N) is 2. The molecule has 37 heavy (non-hydrogen) atoms. The number of hydrogen-bond acceptors (Lipinski definition) is 8. The summed E-state index contributed by atoms with van der Waals surface area (Å²) in [5.74, 6) is 0.479. The lowest BCUT2D eigenvalue weighted by Gasteiger charge is -2.12. The largest absolute Gasteiger partial charge is 0.326 e. The number of rotatable bonds is 9. The number of nitrogens with zero attached hydrogens (tertiary/aromatic N) is 4. The molecule has 0 atom stereocenters. The van der Waals surface area contributed by atoms with Gasteiger partial charge < -0.3 is 15.5 Å². The van der Waals surface area contributed by atoms with Crippen molar-refractivity contribution >= 4 is 45.9 Å². The molecule has 7 nitrogen and oxygen atoms in total. The third-order valence-electron chi connectivity index (χ3n) is 5.47. The SMILES string of the molecule is CN(C)Cc1cccc(Nc2nccc(-c3scnc3-c3cccc(NC(=O)Cc4cccs4)c3)n2)c1. The van der Waals surface area contributed by atoms with Gasteiger partial charge in [0.05, 0.1) is 28.2 Å². The quantitative estimate of drug-likeness (QED) is 0.234. The van der Waals surface area contributed by atoms with Crippen LogP contribution in [0.5, 0.6) is 0 Å². The molecular weight excluding hydrogens is 500 g/mol. The van der Waals surface area contributed by atoms with Crippen molar-refractivity contribution in [3.8, 4) is 21.8 Å². The van der Waals surface area contributed by atoms with E-state index in [-0.39, 0.29) is 5.91 Å². The molecule has 9 heteroatoms. The summed E-state index contributed by atoms with van der Waals surface area (Å²) in [6.45, 7) is 0.855. The van der Waals surface area contributed by atoms with Crippen LogP contribution in [0.3, 0.4) is 0 Å². The van der Waals surface area contributed by atoms with E-state index in [9.17, 15) is 4.79 Å². The van der Waals surface area contributed by atoms with Gasteiger partial charge in [0.25, 0.3) is 0 Å². The lowest BCUT2D eigenvalue weighted by molar-refractivity contribution is -0.115. The average molecular weight is 527 g/mol. The second-order valence-electron chi connectivity index (χ2n) is 8.74. The van der Waals surface area contributed by atoms with Gasteiger partial charge in [0, 0.05) is 34.6 Å². The maximum Gasteiger partial charge on any atom is 0.229 e. The van der Waals surface area contributed by atoms with E-state index in [2.05, 4.69) is 37.6 Å². The Hall–Kier alpha value is -3.92. The summed E-state index contributed by atoms with van der Waals surface area (Å²) >= 11 is 3.10. The van der Waals surface area contributed by atoms with Crippen LogP contribution in [0.4, 0.5) is 17.3 Å². The minimum atomic E-state index is -0.0423. The Morgan fingerprint density at radius 2 is 1.81 bits per heavy atom. The molecule has 0 bridgehead atoms. The number of carbonyl (C=O) groups excluding carboxylic acids is 1. The molecule has 3 heterocycles. The van der Waals surface area contributed by atoms with Gasteiger partial charge in [-0.05, 0) is 61.4 Å². The first-order chi connectivity index (χ1) is 18.0. The van der Waals surface area contributed by atoms with Gasteiger partial charge in [0.2, 0.25) is 11.9 Å². The van der Waals surface area contributed by atoms with Crippen LogP contribution in [0.2, 0.25) is 0 Å². The molecule has 0 unspecified atom stereocenters. The molecule has 5 rings (SSSR count). The lowest BCUT2D eigenvalue weighted by atomic mass is 10.1. The summed E-state index contributed by atoms with van der Waals surface area (Å²) in [7, 11) is 4.10. The van der Waals surface area contributed by atoms with Gasteiger partial charge in [-0.15, -0.1) is 22.7 Å². The molecule has 0 spiro atoms. The van der Waals surface area contributed by atoms with Crippen LogP contribution < -0.4 is 10.6 Å². The average Bonchev–Trinajstić information content (AvgIpc) is 3.57. The Morgan fingerprint density at radius 3 is 2.65 bits per heavy atom. The van der Waals surface area contributed by atoms with E-state index in [1.807, 2.05) is 79.6 Å². The number of amides is 1. The molecule has 0 aliphatic carbocycles. The van der Waals surface area contributed by atoms with Crippen LogP contribution in [-0.4, -0.2) is 39.9 Å². The third-order valence-corrected chi connectivity index (χ3v) is 7.20. The summed E-state index contributed by atoms with van der Waals surface area (Å²) in [6.07, 6.45) is 2.11. The summed E-state index contributed by atoms with van der Waals surface area (Å²) < 4.78 is 0. The van der Waals surface area contributed by atoms with Gasteiger partial charge in [0.15, 0.2) is 0 Å². The predicted octanol–water partition coefficient (Wildman–Crippen LogP) is 6.32. The minimum Gasteiger partial charge on any atom is -0.326 e. The Morgan fingerprint density at radius 1 is 0.946 bits per heavy atom. The van der Waals surface area contributed by atoms with Gasteiger partial charge in [-0.1, -0.05) is 30.3 Å². The van der Waals surface area contributed by atoms with Crippen LogP contribution in [-0.2, 0) is 17.8 Å². The van der Waals surface area contributed by atoms with E-state index in [1.54, 1.807) is 17.5 Å². The van der Waals surface area contributed by atoms with Crippen LogP contribution >= 0.6 is 22.7 Å². The summed E-state index contributed by atoms with van der Waals surface area (Å²) in [4.78, 5) is 30.4. The van der Waals surface area contributed by atoms with Gasteiger partial charge in [-0.2, -0.15) is 0 Å². The van der Waals surface area contributed by atoms with Crippen LogP contribution in [0.25, 0.3) is 21.8 Å². The lowest BCUT2D eigenvalue weighted by Crippen LogP contribution is -2.13. The fourth-order valence-corrected chi connectivity index (χ4v) is 5.43. The summed E-state index contributed by atoms with van der Waals surface area (Å²) in [5, 5.41) is 8.30. The number of thiophene rings is 1. The van der Waals surface area contributed by atoms with Crippen molar-refractivity contribution in [1.82, 2.24) is 19.9 Å². The highest BCUT2D eigenvalue weighted by atomic mass is 32.1. The molecule has 1 amide bonds. The fourth-order valence-electron chi connectivity index (χ4n) is 3.94. The van der Waals surface area contributed by atoms with Crippen LogP contribution in [0.15, 0.2) is 83.8 Å². The molecule has 0 aliphatic heterocycles. The van der Waals surface area contributed by atoms with E-state index in [0.29, 0.717) is 12.4 Å². The van der Waals surface area contributed by atoms with E-state index < -0.39 is 0 Å². The molecular formula is C28H26N6OS2.